The quantitative estimate of drug-likeness (QED) is 0.124. The maximum absolute atomic E-state index is 15.2. The van der Waals surface area contributed by atoms with E-state index in [1.165, 1.54) is 36.4 Å². The number of aromatic nitrogens is 9. The highest BCUT2D eigenvalue weighted by atomic mass is 35.5. The second kappa shape index (κ2) is 28.9. The average Bonchev–Trinajstić information content (AvgIpc) is 1.54. The first-order chi connectivity index (χ1) is 55.8. The van der Waals surface area contributed by atoms with E-state index in [1.54, 1.807) is 27.7 Å². The molecule has 1 aliphatic heterocycles. The van der Waals surface area contributed by atoms with Crippen molar-refractivity contribution in [2.45, 2.75) is 38.9 Å². The zero-order valence-electron chi connectivity index (χ0n) is 76.4. The SMILES string of the molecule is OB(O)c1ccc(F)c(Cl)c1.[2H]c1c([2H])c([2H])c(-c2nc(-c3ccc(F)c(B4OC(C)(C)C(C)(C)O4)c3)nc(-c3c([2H])c([2H])c([2H])c([2H])c3[2H])n2)c([2H])c1[2H].[2H]c1c([2H])c([2H])c(-c2nc(-c3ccc(F)c(Cl)c3)nc(-c3c([2H])c([2H])c([2H])c([2H])c3[2H])n2)c([2H])c1[2H].[2H]c1c([2H])c([2H])c(-c2nc(Cl)nc(-c3c([2H])c([2H])c([2H])c([2H])c3[2H])n2)c([2H])c1[2H]. The van der Waals surface area contributed by atoms with Gasteiger partial charge in [0.1, 0.15) is 17.5 Å². The summed E-state index contributed by atoms with van der Waals surface area (Å²) < 4.78 is 294. The fourth-order valence-electron chi connectivity index (χ4n) is 7.34. The van der Waals surface area contributed by atoms with E-state index >= 15 is 4.39 Å². The van der Waals surface area contributed by atoms with Crippen molar-refractivity contribution < 1.29 is 73.7 Å². The maximum atomic E-state index is 15.2. The number of hydrogen-bond donors (Lipinski definition) is 2. The molecule has 2 N–H and O–H groups in total. The zero-order valence-corrected chi connectivity index (χ0v) is 48.6. The van der Waals surface area contributed by atoms with Crippen LogP contribution in [0.1, 0.15) is 68.8 Å². The van der Waals surface area contributed by atoms with Crippen LogP contribution in [0.15, 0.2) is 236 Å². The van der Waals surface area contributed by atoms with Gasteiger partial charge in [-0.05, 0) is 93.3 Å². The van der Waals surface area contributed by atoms with E-state index in [2.05, 4.69) is 44.9 Å². The van der Waals surface area contributed by atoms with Gasteiger partial charge < -0.3 is 19.4 Å². The summed E-state index contributed by atoms with van der Waals surface area (Å²) >= 11 is 17.2. The van der Waals surface area contributed by atoms with Gasteiger partial charge in [0, 0.05) is 50.0 Å². The Morgan fingerprint density at radius 3 is 0.933 bits per heavy atom. The number of nitrogens with zero attached hydrogens (tertiary/aromatic N) is 9. The first-order valence-electron chi connectivity index (χ1n) is 40.6. The van der Waals surface area contributed by atoms with Gasteiger partial charge >= 0.3 is 14.2 Å². The van der Waals surface area contributed by atoms with Gasteiger partial charge in [0.2, 0.25) is 5.28 Å². The highest BCUT2D eigenvalue weighted by molar-refractivity contribution is 6.62. The molecule has 9 aromatic carbocycles. The Labute approximate surface area is 575 Å². The van der Waals surface area contributed by atoms with Gasteiger partial charge in [-0.2, -0.15) is 9.97 Å². The lowest BCUT2D eigenvalue weighted by atomic mass is 9.78. The van der Waals surface area contributed by atoms with Gasteiger partial charge in [-0.1, -0.05) is 211 Å². The second-order valence-electron chi connectivity index (χ2n) is 18.9. The van der Waals surface area contributed by atoms with E-state index in [9.17, 15) is 8.78 Å². The Morgan fingerprint density at radius 1 is 0.367 bits per heavy atom. The third-order valence-corrected chi connectivity index (χ3v) is 13.1. The molecule has 12 aromatic rings. The summed E-state index contributed by atoms with van der Waals surface area (Å²) in [5.41, 5.74) is -3.37. The van der Waals surface area contributed by atoms with Crippen molar-refractivity contribution in [1.29, 1.82) is 0 Å². The van der Waals surface area contributed by atoms with Crippen LogP contribution in [0.2, 0.25) is 15.3 Å². The Morgan fingerprint density at radius 2 is 0.633 bits per heavy atom. The molecule has 1 fully saturated rings. The fraction of sp³-hybridized carbons (Fsp3) is 0.0870. The highest BCUT2D eigenvalue weighted by Crippen LogP contribution is 2.37. The van der Waals surface area contributed by atoms with Gasteiger partial charge in [0.05, 0.1) is 62.4 Å². The number of rotatable bonds is 10. The van der Waals surface area contributed by atoms with Crippen LogP contribution in [0.3, 0.4) is 0 Å². The molecule has 0 bridgehead atoms. The minimum absolute atomic E-state index is 0.00952. The monoisotopic (exact) mass is 1290 g/mol. The molecule has 0 saturated carbocycles. The van der Waals surface area contributed by atoms with Crippen molar-refractivity contribution in [3.63, 3.8) is 0 Å². The Kier molecular flexibility index (Phi) is 11.5. The standard InChI is InChI=1S/C27H25BFN3O2.C21H13ClFN3.C15H10ClN3.C6H5BClFO2/c1-26(2)27(3,4)34-28(33-26)21-17-20(15-16-22(21)29)25-31-23(18-11-7-5-8-12-18)30-24(32-25)19-13-9-6-10-14-19;22-17-13-16(11-12-18(17)23)21-25-19(14-7-3-1-4-8-14)24-20(26-21)15-9-5-2-6-10-15;16-15-18-13(11-7-3-1-4-8-11)17-14(19-15)12-9-5-2-6-10-12;8-5-3-4(7(10)11)1-2-6(5)9/h5-17H,1-4H3;1-13H;1-10H;1-3,10-11H/i5D,6D,7D,8D,9D,10D,11D,12D,13D,14D;2*1D,2D,3D,4D,5D,6D,7D,8D,9D,10D;. The molecule has 0 unspecified atom stereocenters. The molecule has 21 heteroatoms. The molecule has 0 atom stereocenters. The Hall–Kier alpha value is -9.36. The predicted octanol–water partition coefficient (Wildman–Crippen LogP) is 15.0. The first-order valence-corrected chi connectivity index (χ1v) is 26.7. The molecule has 1 saturated heterocycles. The van der Waals surface area contributed by atoms with E-state index in [1.807, 2.05) is 0 Å². The predicted molar refractivity (Wildman–Crippen MR) is 350 cm³/mol. The van der Waals surface area contributed by atoms with Crippen LogP contribution in [-0.4, -0.2) is 80.3 Å². The Balaban J connectivity index is 0.000000180. The second-order valence-corrected chi connectivity index (χ2v) is 20.0. The average molecular weight is 1290 g/mol. The molecule has 3 aromatic heterocycles. The van der Waals surface area contributed by atoms with Gasteiger partial charge in [-0.25, -0.2) is 48.1 Å². The van der Waals surface area contributed by atoms with Crippen molar-refractivity contribution in [3.05, 3.63) is 269 Å². The first kappa shape index (κ1) is 35.7. The van der Waals surface area contributed by atoms with Crippen molar-refractivity contribution in [3.8, 4) is 91.1 Å². The van der Waals surface area contributed by atoms with E-state index in [0.717, 1.165) is 18.2 Å². The lowest BCUT2D eigenvalue weighted by Gasteiger charge is -2.32. The van der Waals surface area contributed by atoms with Gasteiger partial charge in [-0.3, -0.25) is 0 Å². The van der Waals surface area contributed by atoms with Crippen LogP contribution in [0, 0.1) is 17.5 Å². The Bertz CT molecular complexity index is 5830. The van der Waals surface area contributed by atoms with Gasteiger partial charge in [-0.15, -0.1) is 0 Å². The van der Waals surface area contributed by atoms with Crippen molar-refractivity contribution in [2.75, 3.05) is 0 Å². The third kappa shape index (κ3) is 15.9. The number of benzene rings is 9. The molecule has 4 heterocycles. The largest absolute Gasteiger partial charge is 0.497 e. The van der Waals surface area contributed by atoms with Crippen molar-refractivity contribution in [2.24, 2.45) is 0 Å². The molecule has 90 heavy (non-hydrogen) atoms. The highest BCUT2D eigenvalue weighted by Gasteiger charge is 2.52. The molecule has 0 amide bonds. The third-order valence-electron chi connectivity index (χ3n) is 12.4. The van der Waals surface area contributed by atoms with E-state index in [-0.39, 0.29) is 66.5 Å². The zero-order chi connectivity index (χ0) is 89.5. The smallest absolute Gasteiger partial charge is 0.423 e. The maximum Gasteiger partial charge on any atom is 0.497 e. The van der Waals surface area contributed by atoms with E-state index in [0.29, 0.717) is 0 Å². The summed E-state index contributed by atoms with van der Waals surface area (Å²) in [6.07, 6.45) is 0. The molecule has 0 radical (unpaired) electrons. The summed E-state index contributed by atoms with van der Waals surface area (Å²) in [4.78, 5) is 37.1. The minimum Gasteiger partial charge on any atom is -0.423 e. The molecule has 13 rings (SSSR count). The summed E-state index contributed by atoms with van der Waals surface area (Å²) in [5, 5.41) is 16.4. The fourth-order valence-corrected chi connectivity index (χ4v) is 7.87. The molecule has 13 nitrogen and oxygen atoms in total. The number of hydrogen-bond acceptors (Lipinski definition) is 13. The van der Waals surface area contributed by atoms with Crippen LogP contribution < -0.4 is 10.9 Å². The topological polar surface area (TPSA) is 175 Å². The van der Waals surface area contributed by atoms with Crippen LogP contribution in [-0.2, 0) is 9.31 Å². The number of halogens is 6. The van der Waals surface area contributed by atoms with Crippen LogP contribution in [0.5, 0.6) is 0 Å². The summed E-state index contributed by atoms with van der Waals surface area (Å²) in [6.45, 7) is 7.22. The summed E-state index contributed by atoms with van der Waals surface area (Å²) in [7, 11) is -2.71. The summed E-state index contributed by atoms with van der Waals surface area (Å²) in [6, 6.07) is -7.92. The molecular weight excluding hydrogens is 1200 g/mol. The van der Waals surface area contributed by atoms with Crippen LogP contribution in [0.25, 0.3) is 91.1 Å². The van der Waals surface area contributed by atoms with Gasteiger partial charge in [0.15, 0.2) is 46.6 Å². The molecule has 446 valence electrons. The van der Waals surface area contributed by atoms with Crippen LogP contribution >= 0.6 is 34.8 Å². The van der Waals surface area contributed by atoms with E-state index < -0.39 is 275 Å². The van der Waals surface area contributed by atoms with Crippen LogP contribution in [0.4, 0.5) is 13.2 Å². The summed E-state index contributed by atoms with van der Waals surface area (Å²) in [5.74, 6) is -4.80. The normalized spacial score (nSPS) is 17.4. The molecule has 0 spiro atoms. The van der Waals surface area contributed by atoms with Gasteiger partial charge in [0.25, 0.3) is 0 Å². The molecular formula is C69H53B2Cl3F3N9O4. The van der Waals surface area contributed by atoms with Crippen molar-refractivity contribution >= 4 is 60.0 Å². The molecule has 0 aliphatic carbocycles. The van der Waals surface area contributed by atoms with E-state index in [4.69, 9.17) is 95.3 Å². The molecule has 1 aliphatic rings. The van der Waals surface area contributed by atoms with Crippen molar-refractivity contribution in [1.82, 2.24) is 44.9 Å². The lowest BCUT2D eigenvalue weighted by Crippen LogP contribution is -2.41. The lowest BCUT2D eigenvalue weighted by molar-refractivity contribution is 0.00578. The minimum atomic E-state index is -1.60.